The number of methoxy groups -OCH3 is 1. The largest absolute Gasteiger partial charge is 0.496 e. The maximum Gasteiger partial charge on any atom is 0.254 e. The smallest absolute Gasteiger partial charge is 0.254 e. The van der Waals surface area contributed by atoms with E-state index in [4.69, 9.17) is 9.47 Å². The molecule has 0 unspecified atom stereocenters. The first-order chi connectivity index (χ1) is 14.5. The molecule has 1 amide bonds. The first-order valence-electron chi connectivity index (χ1n) is 10.3. The molecule has 0 fully saturated rings. The standard InChI is InChI=1S/C26H27NO3/c1-18-8-10-24(14-19(18)2)30-17-23-15-21(9-11-25(23)29-3)26(28)27-13-12-20-6-4-5-7-22(20)16-27/h4-11,14-15H,12-13,16-17H2,1-3H3. The van der Waals surface area contributed by atoms with Gasteiger partial charge in [-0.25, -0.2) is 0 Å². The molecule has 0 aromatic heterocycles. The van der Waals surface area contributed by atoms with Crippen molar-refractivity contribution in [2.45, 2.75) is 33.4 Å². The number of rotatable bonds is 5. The fourth-order valence-electron chi connectivity index (χ4n) is 3.84. The predicted molar refractivity (Wildman–Crippen MR) is 118 cm³/mol. The van der Waals surface area contributed by atoms with Gasteiger partial charge < -0.3 is 14.4 Å². The molecule has 0 radical (unpaired) electrons. The topological polar surface area (TPSA) is 38.8 Å². The van der Waals surface area contributed by atoms with Gasteiger partial charge in [0.05, 0.1) is 7.11 Å². The van der Waals surface area contributed by atoms with Crippen LogP contribution in [0.25, 0.3) is 0 Å². The number of hydrogen-bond acceptors (Lipinski definition) is 3. The van der Waals surface area contributed by atoms with E-state index in [0.717, 1.165) is 30.0 Å². The zero-order valence-electron chi connectivity index (χ0n) is 17.8. The van der Waals surface area contributed by atoms with Crippen molar-refractivity contribution in [3.63, 3.8) is 0 Å². The van der Waals surface area contributed by atoms with Crippen LogP contribution in [-0.2, 0) is 19.6 Å². The third kappa shape index (κ3) is 4.18. The summed E-state index contributed by atoms with van der Waals surface area (Å²) in [7, 11) is 1.64. The summed E-state index contributed by atoms with van der Waals surface area (Å²) in [6.45, 7) is 5.87. The lowest BCUT2D eigenvalue weighted by atomic mass is 9.99. The molecular weight excluding hydrogens is 374 g/mol. The van der Waals surface area contributed by atoms with Gasteiger partial charge in [0, 0.05) is 24.2 Å². The zero-order chi connectivity index (χ0) is 21.1. The molecule has 154 valence electrons. The van der Waals surface area contributed by atoms with E-state index in [0.29, 0.717) is 18.7 Å². The lowest BCUT2D eigenvalue weighted by Gasteiger charge is -2.29. The number of nitrogens with zero attached hydrogens (tertiary/aromatic N) is 1. The molecule has 1 aliphatic rings. The summed E-state index contributed by atoms with van der Waals surface area (Å²) in [6.07, 6.45) is 0.890. The predicted octanol–water partition coefficient (Wildman–Crippen LogP) is 5.09. The molecule has 0 atom stereocenters. The summed E-state index contributed by atoms with van der Waals surface area (Å²) in [6, 6.07) is 20.0. The van der Waals surface area contributed by atoms with Gasteiger partial charge in [0.25, 0.3) is 5.91 Å². The fourth-order valence-corrected chi connectivity index (χ4v) is 3.84. The number of fused-ring (bicyclic) bond motifs is 1. The average Bonchev–Trinajstić information content (AvgIpc) is 2.78. The molecule has 30 heavy (non-hydrogen) atoms. The fraction of sp³-hybridized carbons (Fsp3) is 0.269. The molecule has 0 saturated carbocycles. The minimum absolute atomic E-state index is 0.0413. The highest BCUT2D eigenvalue weighted by Gasteiger charge is 2.22. The molecular formula is C26H27NO3. The summed E-state index contributed by atoms with van der Waals surface area (Å²) in [4.78, 5) is 15.1. The summed E-state index contributed by atoms with van der Waals surface area (Å²) < 4.78 is 11.5. The Morgan fingerprint density at radius 3 is 2.53 bits per heavy atom. The van der Waals surface area contributed by atoms with Crippen LogP contribution < -0.4 is 9.47 Å². The maximum absolute atomic E-state index is 13.2. The van der Waals surface area contributed by atoms with Crippen LogP contribution in [0.15, 0.2) is 60.7 Å². The van der Waals surface area contributed by atoms with Crippen LogP contribution in [0, 0.1) is 13.8 Å². The van der Waals surface area contributed by atoms with Gasteiger partial charge in [-0.2, -0.15) is 0 Å². The Labute approximate surface area is 178 Å². The number of amides is 1. The van der Waals surface area contributed by atoms with Crippen LogP contribution in [0.2, 0.25) is 0 Å². The molecule has 0 bridgehead atoms. The van der Waals surface area contributed by atoms with E-state index in [1.54, 1.807) is 7.11 Å². The van der Waals surface area contributed by atoms with Gasteiger partial charge in [-0.15, -0.1) is 0 Å². The number of carbonyl (C=O) groups excluding carboxylic acids is 1. The second kappa shape index (κ2) is 8.62. The van der Waals surface area contributed by atoms with Crippen LogP contribution >= 0.6 is 0 Å². The Morgan fingerprint density at radius 2 is 1.77 bits per heavy atom. The van der Waals surface area contributed by atoms with Crippen LogP contribution in [-0.4, -0.2) is 24.5 Å². The molecule has 4 rings (SSSR count). The Kier molecular flexibility index (Phi) is 5.75. The lowest BCUT2D eigenvalue weighted by Crippen LogP contribution is -2.36. The van der Waals surface area contributed by atoms with Gasteiger partial charge in [0.15, 0.2) is 0 Å². The normalized spacial score (nSPS) is 13.0. The first kappa shape index (κ1) is 20.0. The highest BCUT2D eigenvalue weighted by atomic mass is 16.5. The van der Waals surface area contributed by atoms with Gasteiger partial charge in [0.1, 0.15) is 18.1 Å². The van der Waals surface area contributed by atoms with Crippen molar-refractivity contribution in [2.24, 2.45) is 0 Å². The highest BCUT2D eigenvalue weighted by molar-refractivity contribution is 5.94. The number of benzene rings is 3. The van der Waals surface area contributed by atoms with E-state index in [1.807, 2.05) is 41.3 Å². The van der Waals surface area contributed by atoms with E-state index in [2.05, 4.69) is 38.1 Å². The molecule has 0 N–H and O–H groups in total. The Hall–Kier alpha value is -3.27. The monoisotopic (exact) mass is 401 g/mol. The summed E-state index contributed by atoms with van der Waals surface area (Å²) >= 11 is 0. The molecule has 3 aromatic carbocycles. The van der Waals surface area contributed by atoms with Crippen molar-refractivity contribution in [2.75, 3.05) is 13.7 Å². The summed E-state index contributed by atoms with van der Waals surface area (Å²) in [5, 5.41) is 0. The van der Waals surface area contributed by atoms with Crippen molar-refractivity contribution in [1.29, 1.82) is 0 Å². The van der Waals surface area contributed by atoms with Crippen LogP contribution in [0.4, 0.5) is 0 Å². The Morgan fingerprint density at radius 1 is 0.967 bits per heavy atom. The molecule has 1 heterocycles. The average molecular weight is 402 g/mol. The number of aryl methyl sites for hydroxylation is 2. The van der Waals surface area contributed by atoms with E-state index in [1.165, 1.54) is 22.3 Å². The number of ether oxygens (including phenoxy) is 2. The second-order valence-electron chi connectivity index (χ2n) is 7.81. The third-order valence-electron chi connectivity index (χ3n) is 5.82. The van der Waals surface area contributed by atoms with Crippen molar-refractivity contribution < 1.29 is 14.3 Å². The quantitative estimate of drug-likeness (QED) is 0.598. The van der Waals surface area contributed by atoms with Gasteiger partial charge >= 0.3 is 0 Å². The van der Waals surface area contributed by atoms with Crippen molar-refractivity contribution in [1.82, 2.24) is 4.90 Å². The highest BCUT2D eigenvalue weighted by Crippen LogP contribution is 2.26. The summed E-state index contributed by atoms with van der Waals surface area (Å²) in [5.74, 6) is 1.57. The van der Waals surface area contributed by atoms with Gasteiger partial charge in [-0.05, 0) is 72.9 Å². The van der Waals surface area contributed by atoms with E-state index < -0.39 is 0 Å². The molecule has 0 saturated heterocycles. The Bertz CT molecular complexity index is 1070. The molecule has 3 aromatic rings. The second-order valence-corrected chi connectivity index (χ2v) is 7.81. The minimum Gasteiger partial charge on any atom is -0.496 e. The lowest BCUT2D eigenvalue weighted by molar-refractivity contribution is 0.0734. The SMILES string of the molecule is COc1ccc(C(=O)N2CCc3ccccc3C2)cc1COc1ccc(C)c(C)c1. The Balaban J connectivity index is 1.52. The molecule has 0 spiro atoms. The third-order valence-corrected chi connectivity index (χ3v) is 5.82. The van der Waals surface area contributed by atoms with Gasteiger partial charge in [-0.3, -0.25) is 4.79 Å². The van der Waals surface area contributed by atoms with Crippen LogP contribution in [0.5, 0.6) is 11.5 Å². The molecule has 1 aliphatic heterocycles. The number of hydrogen-bond donors (Lipinski definition) is 0. The van der Waals surface area contributed by atoms with Crippen LogP contribution in [0.3, 0.4) is 0 Å². The van der Waals surface area contributed by atoms with Gasteiger partial charge in [0.2, 0.25) is 0 Å². The minimum atomic E-state index is 0.0413. The first-order valence-corrected chi connectivity index (χ1v) is 10.3. The molecule has 4 heteroatoms. The summed E-state index contributed by atoms with van der Waals surface area (Å²) in [5.41, 5.74) is 6.50. The molecule has 0 aliphatic carbocycles. The van der Waals surface area contributed by atoms with Crippen LogP contribution in [0.1, 0.15) is 38.2 Å². The van der Waals surface area contributed by atoms with Crippen molar-refractivity contribution >= 4 is 5.91 Å². The molecule has 4 nitrogen and oxygen atoms in total. The van der Waals surface area contributed by atoms with E-state index in [-0.39, 0.29) is 5.91 Å². The maximum atomic E-state index is 13.2. The van der Waals surface area contributed by atoms with Gasteiger partial charge in [-0.1, -0.05) is 30.3 Å². The van der Waals surface area contributed by atoms with E-state index >= 15 is 0 Å². The zero-order valence-corrected chi connectivity index (χ0v) is 17.8. The number of carbonyl (C=O) groups is 1. The van der Waals surface area contributed by atoms with Crippen molar-refractivity contribution in [3.05, 3.63) is 94.0 Å². The van der Waals surface area contributed by atoms with E-state index in [9.17, 15) is 4.79 Å². The van der Waals surface area contributed by atoms with Crippen molar-refractivity contribution in [3.8, 4) is 11.5 Å².